The summed E-state index contributed by atoms with van der Waals surface area (Å²) >= 11 is 0. The van der Waals surface area contributed by atoms with Crippen molar-refractivity contribution in [1.29, 1.82) is 0 Å². The smallest absolute Gasteiger partial charge is 0.312 e. The van der Waals surface area contributed by atoms with Crippen molar-refractivity contribution in [3.63, 3.8) is 0 Å². The minimum atomic E-state index is -0.830. The molecule has 1 atom stereocenters. The standard InChI is InChI=1S/C25H33FN6O5/c1-15(2)13-32(25(37)24(36)29(3)4)18-14-30(5)10-11-31-21(18)28-19(20(33)23(31)35)22(34)27-12-16-6-8-17(26)9-7-16/h6-9,15,18,33H,10-14H2,1-5H3,(H,27,34). The first kappa shape index (κ1) is 27.8. The number of nitrogens with one attached hydrogen (secondary N) is 1. The van der Waals surface area contributed by atoms with Gasteiger partial charge in [-0.25, -0.2) is 9.37 Å². The van der Waals surface area contributed by atoms with Crippen LogP contribution in [0.2, 0.25) is 0 Å². The largest absolute Gasteiger partial charge is 0.501 e. The van der Waals surface area contributed by atoms with E-state index in [1.54, 1.807) is 0 Å². The molecule has 3 rings (SSSR count). The monoisotopic (exact) mass is 516 g/mol. The number of hydrogen-bond donors (Lipinski definition) is 2. The van der Waals surface area contributed by atoms with Gasteiger partial charge in [-0.15, -0.1) is 0 Å². The highest BCUT2D eigenvalue weighted by Gasteiger charge is 2.37. The molecular weight excluding hydrogens is 483 g/mol. The summed E-state index contributed by atoms with van der Waals surface area (Å²) in [6.45, 7) is 4.86. The van der Waals surface area contributed by atoms with Gasteiger partial charge in [0.1, 0.15) is 17.7 Å². The first-order valence-electron chi connectivity index (χ1n) is 12.0. The van der Waals surface area contributed by atoms with Crippen molar-refractivity contribution < 1.29 is 23.9 Å². The molecule has 2 heterocycles. The van der Waals surface area contributed by atoms with Crippen molar-refractivity contribution >= 4 is 17.7 Å². The quantitative estimate of drug-likeness (QED) is 0.538. The highest BCUT2D eigenvalue weighted by atomic mass is 19.1. The van der Waals surface area contributed by atoms with E-state index in [1.165, 1.54) is 52.7 Å². The molecule has 200 valence electrons. The molecule has 3 amide bonds. The molecule has 37 heavy (non-hydrogen) atoms. The van der Waals surface area contributed by atoms with E-state index >= 15 is 0 Å². The molecule has 1 aromatic heterocycles. The highest BCUT2D eigenvalue weighted by molar-refractivity contribution is 6.34. The number of benzene rings is 1. The number of halogens is 1. The molecule has 0 fully saturated rings. The van der Waals surface area contributed by atoms with E-state index in [4.69, 9.17) is 0 Å². The molecule has 0 spiro atoms. The molecule has 0 bridgehead atoms. The third-order valence-corrected chi connectivity index (χ3v) is 6.03. The second-order valence-electron chi connectivity index (χ2n) is 9.76. The minimum Gasteiger partial charge on any atom is -0.501 e. The van der Waals surface area contributed by atoms with E-state index in [9.17, 15) is 28.7 Å². The summed E-state index contributed by atoms with van der Waals surface area (Å²) in [5.74, 6) is -3.41. The summed E-state index contributed by atoms with van der Waals surface area (Å²) in [5, 5.41) is 13.2. The molecule has 2 aromatic rings. The van der Waals surface area contributed by atoms with Crippen LogP contribution in [0, 0.1) is 11.7 Å². The average molecular weight is 517 g/mol. The summed E-state index contributed by atoms with van der Waals surface area (Å²) in [5.41, 5.74) is -0.687. The molecule has 2 N–H and O–H groups in total. The fourth-order valence-corrected chi connectivity index (χ4v) is 4.09. The maximum Gasteiger partial charge on any atom is 0.312 e. The first-order valence-corrected chi connectivity index (χ1v) is 12.0. The van der Waals surface area contributed by atoms with Gasteiger partial charge < -0.3 is 25.1 Å². The fraction of sp³-hybridized carbons (Fsp3) is 0.480. The maximum atomic E-state index is 13.2. The van der Waals surface area contributed by atoms with Crippen molar-refractivity contribution in [2.24, 2.45) is 5.92 Å². The van der Waals surface area contributed by atoms with Crippen molar-refractivity contribution in [3.05, 3.63) is 57.5 Å². The second-order valence-corrected chi connectivity index (χ2v) is 9.76. The highest BCUT2D eigenvalue weighted by Crippen LogP contribution is 2.26. The summed E-state index contributed by atoms with van der Waals surface area (Å²) in [6.07, 6.45) is 0. The zero-order valence-electron chi connectivity index (χ0n) is 21.7. The normalized spacial score (nSPS) is 15.6. The number of rotatable bonds is 6. The van der Waals surface area contributed by atoms with Crippen LogP contribution in [0.1, 0.15) is 41.8 Å². The van der Waals surface area contributed by atoms with Crippen LogP contribution >= 0.6 is 0 Å². The molecule has 0 aliphatic carbocycles. The summed E-state index contributed by atoms with van der Waals surface area (Å²) in [4.78, 5) is 60.9. The maximum absolute atomic E-state index is 13.2. The molecule has 0 radical (unpaired) electrons. The van der Waals surface area contributed by atoms with Gasteiger partial charge in [0.05, 0.1) is 0 Å². The number of aromatic hydroxyl groups is 1. The topological polar surface area (TPSA) is 128 Å². The predicted molar refractivity (Wildman–Crippen MR) is 133 cm³/mol. The zero-order chi connectivity index (χ0) is 27.4. The van der Waals surface area contributed by atoms with E-state index in [0.29, 0.717) is 12.1 Å². The van der Waals surface area contributed by atoms with Gasteiger partial charge in [-0.3, -0.25) is 23.7 Å². The lowest BCUT2D eigenvalue weighted by Crippen LogP contribution is -2.49. The van der Waals surface area contributed by atoms with E-state index in [2.05, 4.69) is 10.3 Å². The Morgan fingerprint density at radius 1 is 1.16 bits per heavy atom. The van der Waals surface area contributed by atoms with Gasteiger partial charge in [-0.2, -0.15) is 0 Å². The number of hydrogen-bond acceptors (Lipinski definition) is 7. The Kier molecular flexibility index (Phi) is 8.64. The Morgan fingerprint density at radius 2 is 1.81 bits per heavy atom. The average Bonchev–Trinajstić information content (AvgIpc) is 3.01. The molecule has 1 aliphatic heterocycles. The van der Waals surface area contributed by atoms with Gasteiger partial charge >= 0.3 is 11.8 Å². The molecular formula is C25H33FN6O5. The molecule has 12 heteroatoms. The number of carbonyl (C=O) groups is 3. The van der Waals surface area contributed by atoms with Crippen LogP contribution in [-0.4, -0.2) is 87.9 Å². The summed E-state index contributed by atoms with van der Waals surface area (Å²) < 4.78 is 14.4. The summed E-state index contributed by atoms with van der Waals surface area (Å²) in [6, 6.07) is 4.67. The van der Waals surface area contributed by atoms with Crippen LogP contribution < -0.4 is 10.9 Å². The Hall–Kier alpha value is -3.80. The Labute approximate surface area is 214 Å². The van der Waals surface area contributed by atoms with Crippen LogP contribution in [0.15, 0.2) is 29.1 Å². The number of nitrogens with zero attached hydrogens (tertiary/aromatic N) is 5. The first-order chi connectivity index (χ1) is 17.4. The number of fused-ring (bicyclic) bond motifs is 1. The lowest BCUT2D eigenvalue weighted by Gasteiger charge is -2.34. The lowest BCUT2D eigenvalue weighted by atomic mass is 10.1. The van der Waals surface area contributed by atoms with E-state index in [1.807, 2.05) is 25.8 Å². The molecule has 0 saturated carbocycles. The van der Waals surface area contributed by atoms with Crippen molar-refractivity contribution in [2.45, 2.75) is 33.0 Å². The second kappa shape index (κ2) is 11.5. The van der Waals surface area contributed by atoms with Gasteiger partial charge in [0.25, 0.3) is 11.5 Å². The zero-order valence-corrected chi connectivity index (χ0v) is 21.7. The van der Waals surface area contributed by atoms with Crippen LogP contribution in [0.5, 0.6) is 5.75 Å². The molecule has 1 aromatic carbocycles. The number of aromatic nitrogens is 2. The Balaban J connectivity index is 2.05. The predicted octanol–water partition coefficient (Wildman–Crippen LogP) is 0.577. The minimum absolute atomic E-state index is 0.0109. The van der Waals surface area contributed by atoms with Crippen LogP contribution in [0.25, 0.3) is 0 Å². The van der Waals surface area contributed by atoms with Gasteiger partial charge in [-0.05, 0) is 30.7 Å². The summed E-state index contributed by atoms with van der Waals surface area (Å²) in [7, 11) is 4.77. The third kappa shape index (κ3) is 6.31. The number of carbonyl (C=O) groups excluding carboxylic acids is 3. The van der Waals surface area contributed by atoms with Gasteiger partial charge in [0, 0.05) is 46.8 Å². The Bertz CT molecular complexity index is 1230. The molecule has 1 aliphatic rings. The van der Waals surface area contributed by atoms with Gasteiger partial charge in [-0.1, -0.05) is 26.0 Å². The number of likely N-dealkylation sites (N-methyl/N-ethyl adjacent to an activating group) is 2. The lowest BCUT2D eigenvalue weighted by molar-refractivity contribution is -0.152. The van der Waals surface area contributed by atoms with Crippen molar-refractivity contribution in [2.75, 3.05) is 40.8 Å². The van der Waals surface area contributed by atoms with Crippen LogP contribution in [0.3, 0.4) is 0 Å². The SMILES string of the molecule is CC(C)CN(C(=O)C(=O)N(C)C)C1CN(C)CCn2c1nc(C(=O)NCc1ccc(F)cc1)c(O)c2=O. The van der Waals surface area contributed by atoms with E-state index in [0.717, 1.165) is 0 Å². The fourth-order valence-electron chi connectivity index (χ4n) is 4.09. The number of amides is 3. The van der Waals surface area contributed by atoms with Crippen LogP contribution in [-0.2, 0) is 22.7 Å². The third-order valence-electron chi connectivity index (χ3n) is 6.03. The van der Waals surface area contributed by atoms with E-state index in [-0.39, 0.29) is 37.9 Å². The molecule has 11 nitrogen and oxygen atoms in total. The van der Waals surface area contributed by atoms with Gasteiger partial charge in [0.15, 0.2) is 5.69 Å². The van der Waals surface area contributed by atoms with E-state index < -0.39 is 46.6 Å². The van der Waals surface area contributed by atoms with Crippen LogP contribution in [0.4, 0.5) is 4.39 Å². The Morgan fingerprint density at radius 3 is 2.41 bits per heavy atom. The van der Waals surface area contributed by atoms with Crippen molar-refractivity contribution in [1.82, 2.24) is 29.6 Å². The van der Waals surface area contributed by atoms with Gasteiger partial charge in [0.2, 0.25) is 5.75 Å². The molecule has 0 saturated heterocycles. The molecule has 1 unspecified atom stereocenters. The van der Waals surface area contributed by atoms with Crippen molar-refractivity contribution in [3.8, 4) is 5.75 Å².